The summed E-state index contributed by atoms with van der Waals surface area (Å²) < 4.78 is 0. The molecule has 4 aromatic heterocycles. The van der Waals surface area contributed by atoms with Crippen molar-refractivity contribution in [3.8, 4) is 0 Å². The van der Waals surface area contributed by atoms with Gasteiger partial charge >= 0.3 is 0 Å². The first kappa shape index (κ1) is 32.7. The van der Waals surface area contributed by atoms with E-state index < -0.39 is 0 Å². The Morgan fingerprint density at radius 1 is 0.696 bits per heavy atom. The van der Waals surface area contributed by atoms with Gasteiger partial charge in [-0.25, -0.2) is 0 Å². The van der Waals surface area contributed by atoms with Gasteiger partial charge in [-0.15, -0.1) is 20.4 Å². The number of carbonyl (C=O) groups is 4. The van der Waals surface area contributed by atoms with Gasteiger partial charge in [0.2, 0.25) is 22.1 Å². The van der Waals surface area contributed by atoms with E-state index in [1.165, 1.54) is 44.9 Å². The molecule has 2 unspecified atom stereocenters. The lowest BCUT2D eigenvalue weighted by molar-refractivity contribution is -0.116. The van der Waals surface area contributed by atoms with Gasteiger partial charge in [-0.2, -0.15) is 0 Å². The second-order valence-electron chi connectivity index (χ2n) is 11.4. The molecule has 2 atom stereocenters. The van der Waals surface area contributed by atoms with Crippen LogP contribution in [0, 0.1) is 0 Å². The van der Waals surface area contributed by atoms with E-state index in [0.717, 1.165) is 35.7 Å². The molecule has 1 aliphatic carbocycles. The predicted molar refractivity (Wildman–Crippen MR) is 173 cm³/mol. The van der Waals surface area contributed by atoms with Gasteiger partial charge < -0.3 is 20.4 Å². The van der Waals surface area contributed by atoms with E-state index in [1.54, 1.807) is 52.5 Å². The zero-order valence-electron chi connectivity index (χ0n) is 25.9. The summed E-state index contributed by atoms with van der Waals surface area (Å²) in [6.45, 7) is 0. The predicted octanol–water partition coefficient (Wildman–Crippen LogP) is 3.39. The number of carbonyl (C=O) groups excluding carboxylic acids is 4. The van der Waals surface area contributed by atoms with Gasteiger partial charge in [0.25, 0.3) is 11.8 Å². The van der Waals surface area contributed by atoms with Gasteiger partial charge in [-0.3, -0.25) is 29.1 Å². The fourth-order valence-electron chi connectivity index (χ4n) is 5.02. The lowest BCUT2D eigenvalue weighted by atomic mass is 9.82. The van der Waals surface area contributed by atoms with Crippen LogP contribution in [0.3, 0.4) is 0 Å². The van der Waals surface area contributed by atoms with Crippen LogP contribution in [-0.2, 0) is 22.4 Å². The van der Waals surface area contributed by atoms with Gasteiger partial charge in [-0.05, 0) is 43.5 Å². The van der Waals surface area contributed by atoms with Crippen molar-refractivity contribution in [3.63, 3.8) is 0 Å². The lowest BCUT2D eigenvalue weighted by Crippen LogP contribution is -2.22. The molecule has 0 spiro atoms. The second kappa shape index (κ2) is 14.6. The molecule has 1 saturated carbocycles. The summed E-state index contributed by atoms with van der Waals surface area (Å²) in [4.78, 5) is 60.8. The number of rotatable bonds is 10. The zero-order chi connectivity index (χ0) is 32.8. The van der Waals surface area contributed by atoms with Crippen LogP contribution < -0.4 is 10.6 Å². The molecular formula is C30H34N10O4S2. The number of aromatic nitrogens is 6. The number of pyridine rings is 2. The molecule has 2 N–H and O–H groups in total. The summed E-state index contributed by atoms with van der Waals surface area (Å²) in [5.74, 6) is -0.500. The summed E-state index contributed by atoms with van der Waals surface area (Å²) in [6.07, 6.45) is 6.74. The van der Waals surface area contributed by atoms with E-state index in [2.05, 4.69) is 41.0 Å². The van der Waals surface area contributed by atoms with Crippen molar-refractivity contribution < 1.29 is 19.2 Å². The number of hydrogen-bond donors (Lipinski definition) is 2. The molecule has 1 aliphatic rings. The largest absolute Gasteiger partial charge is 0.345 e. The minimum absolute atomic E-state index is 0.0490. The fourth-order valence-corrected chi connectivity index (χ4v) is 6.84. The van der Waals surface area contributed by atoms with Crippen LogP contribution in [0.5, 0.6) is 0 Å². The van der Waals surface area contributed by atoms with Crippen LogP contribution in [0.1, 0.15) is 79.6 Å². The zero-order valence-corrected chi connectivity index (χ0v) is 27.5. The highest BCUT2D eigenvalue weighted by Crippen LogP contribution is 2.43. The lowest BCUT2D eigenvalue weighted by Gasteiger charge is -2.25. The first-order chi connectivity index (χ1) is 22.0. The first-order valence-electron chi connectivity index (χ1n) is 14.7. The van der Waals surface area contributed by atoms with Crippen molar-refractivity contribution in [3.05, 3.63) is 69.2 Å². The van der Waals surface area contributed by atoms with Crippen LogP contribution in [0.4, 0.5) is 10.3 Å². The first-order valence-corrected chi connectivity index (χ1v) is 16.3. The van der Waals surface area contributed by atoms with Gasteiger partial charge in [0.15, 0.2) is 0 Å². The molecule has 4 heterocycles. The highest BCUT2D eigenvalue weighted by atomic mass is 32.1. The molecule has 240 valence electrons. The minimum Gasteiger partial charge on any atom is -0.345 e. The third-order valence-corrected chi connectivity index (χ3v) is 9.39. The van der Waals surface area contributed by atoms with Gasteiger partial charge in [-0.1, -0.05) is 29.1 Å². The van der Waals surface area contributed by atoms with E-state index in [4.69, 9.17) is 0 Å². The van der Waals surface area contributed by atoms with Crippen LogP contribution in [-0.4, -0.2) is 92.0 Å². The Morgan fingerprint density at radius 2 is 1.13 bits per heavy atom. The molecule has 0 aliphatic heterocycles. The van der Waals surface area contributed by atoms with Crippen molar-refractivity contribution in [1.82, 2.24) is 40.2 Å². The number of anilines is 2. The molecule has 1 fully saturated rings. The Balaban J connectivity index is 1.11. The van der Waals surface area contributed by atoms with Crippen molar-refractivity contribution in [2.75, 3.05) is 38.8 Å². The monoisotopic (exact) mass is 662 g/mol. The van der Waals surface area contributed by atoms with Crippen LogP contribution in [0.15, 0.2) is 36.7 Å². The summed E-state index contributed by atoms with van der Waals surface area (Å²) >= 11 is 2.72. The molecule has 4 aromatic rings. The molecule has 0 saturated heterocycles. The standard InChI is InChI=1S/C30H34N10O4S2/c1-39(2)27(43)19-8-10-21(31-15-19)13-23(41)33-29-37-35-25(45-29)17-6-5-7-18(12-17)26-36-38-30(46-26)34-24(42)14-22-11-9-20(16-32-22)28(44)40(3)4/h8-11,15-18H,5-7,12-14H2,1-4H3,(H,33,37,41)(H,34,38,42). The van der Waals surface area contributed by atoms with E-state index in [1.807, 2.05) is 0 Å². The average molecular weight is 663 g/mol. The molecule has 16 heteroatoms. The third-order valence-electron chi connectivity index (χ3n) is 7.39. The van der Waals surface area contributed by atoms with Crippen molar-refractivity contribution in [2.24, 2.45) is 0 Å². The maximum atomic E-state index is 12.6. The summed E-state index contributed by atoms with van der Waals surface area (Å²) in [6, 6.07) is 6.65. The molecule has 0 aromatic carbocycles. The Bertz CT molecular complexity index is 1580. The molecule has 4 amide bonds. The van der Waals surface area contributed by atoms with E-state index >= 15 is 0 Å². The Hall–Kier alpha value is -4.70. The molecule has 46 heavy (non-hydrogen) atoms. The van der Waals surface area contributed by atoms with Gasteiger partial charge in [0.1, 0.15) is 10.0 Å². The summed E-state index contributed by atoms with van der Waals surface area (Å²) in [7, 11) is 6.68. The van der Waals surface area contributed by atoms with Crippen LogP contribution in [0.2, 0.25) is 0 Å². The highest BCUT2D eigenvalue weighted by Gasteiger charge is 2.29. The molecular weight excluding hydrogens is 629 g/mol. The van der Waals surface area contributed by atoms with Crippen molar-refractivity contribution in [1.29, 1.82) is 0 Å². The minimum atomic E-state index is -0.265. The molecule has 5 rings (SSSR count). The summed E-state index contributed by atoms with van der Waals surface area (Å²) in [5.41, 5.74) is 2.00. The number of nitrogens with zero attached hydrogens (tertiary/aromatic N) is 8. The van der Waals surface area contributed by atoms with Crippen molar-refractivity contribution in [2.45, 2.75) is 50.4 Å². The number of nitrogens with one attached hydrogen (secondary N) is 2. The SMILES string of the molecule is CN(C)C(=O)c1ccc(CC(=O)Nc2nnc(C3CCCC(c4nnc(NC(=O)Cc5ccc(C(=O)N(C)C)cn5)s4)C3)s2)nc1. The fraction of sp³-hybridized carbons (Fsp3) is 0.400. The molecule has 14 nitrogen and oxygen atoms in total. The molecule has 0 radical (unpaired) electrons. The Kier molecular flexibility index (Phi) is 10.4. The maximum absolute atomic E-state index is 12.6. The average Bonchev–Trinajstić information content (AvgIpc) is 3.71. The van der Waals surface area contributed by atoms with Crippen LogP contribution in [0.25, 0.3) is 0 Å². The smallest absolute Gasteiger partial charge is 0.254 e. The quantitative estimate of drug-likeness (QED) is 0.256. The van der Waals surface area contributed by atoms with E-state index in [0.29, 0.717) is 32.8 Å². The van der Waals surface area contributed by atoms with Gasteiger partial charge in [0, 0.05) is 63.8 Å². The third kappa shape index (κ3) is 8.31. The Morgan fingerprint density at radius 3 is 1.50 bits per heavy atom. The number of hydrogen-bond acceptors (Lipinski definition) is 12. The van der Waals surface area contributed by atoms with Gasteiger partial charge in [0.05, 0.1) is 24.0 Å². The highest BCUT2D eigenvalue weighted by molar-refractivity contribution is 7.15. The summed E-state index contributed by atoms with van der Waals surface area (Å²) in [5, 5.41) is 25.3. The second-order valence-corrected chi connectivity index (χ2v) is 13.4. The maximum Gasteiger partial charge on any atom is 0.254 e. The normalized spacial score (nSPS) is 16.0. The Labute approximate surface area is 273 Å². The molecule has 0 bridgehead atoms. The van der Waals surface area contributed by atoms with Crippen molar-refractivity contribution >= 4 is 56.6 Å². The topological polar surface area (TPSA) is 176 Å². The van der Waals surface area contributed by atoms with Crippen LogP contribution >= 0.6 is 22.7 Å². The van der Waals surface area contributed by atoms with E-state index in [-0.39, 0.29) is 48.3 Å². The number of amides is 4. The van der Waals surface area contributed by atoms with E-state index in [9.17, 15) is 19.2 Å².